The predicted octanol–water partition coefficient (Wildman–Crippen LogP) is 1.54. The number of imidazole rings is 1. The number of H-pyrrole nitrogens is 1. The van der Waals surface area contributed by atoms with Crippen molar-refractivity contribution in [1.82, 2.24) is 20.3 Å². The van der Waals surface area contributed by atoms with E-state index in [0.717, 1.165) is 5.69 Å². The molecule has 0 saturated carbocycles. The number of nitrogens with zero attached hydrogens (tertiary/aromatic N) is 3. The molecule has 2 N–H and O–H groups in total. The van der Waals surface area contributed by atoms with Gasteiger partial charge in [-0.25, -0.2) is 14.8 Å². The van der Waals surface area contributed by atoms with Crippen molar-refractivity contribution < 1.29 is 14.3 Å². The van der Waals surface area contributed by atoms with Crippen LogP contribution in [-0.4, -0.2) is 54.1 Å². The number of rotatable bonds is 6. The number of hydrogen-bond acceptors (Lipinski definition) is 6. The zero-order chi connectivity index (χ0) is 19.4. The Bertz CT molecular complexity index is 953. The number of para-hydroxylation sites is 1. The van der Waals surface area contributed by atoms with Crippen molar-refractivity contribution in [2.45, 2.75) is 12.5 Å². The second kappa shape index (κ2) is 7.86. The number of pyridine rings is 1. The third-order valence-corrected chi connectivity index (χ3v) is 4.18. The number of aromatic nitrogens is 3. The van der Waals surface area contributed by atoms with Gasteiger partial charge >= 0.3 is 5.97 Å². The molecule has 27 heavy (non-hydrogen) atoms. The normalized spacial score (nSPS) is 11.8. The van der Waals surface area contributed by atoms with Crippen LogP contribution in [0.2, 0.25) is 0 Å². The lowest BCUT2D eigenvalue weighted by molar-refractivity contribution is -0.142. The molecule has 8 nitrogen and oxygen atoms in total. The number of carbonyl (C=O) groups is 2. The summed E-state index contributed by atoms with van der Waals surface area (Å²) in [4.78, 5) is 38.4. The quantitative estimate of drug-likeness (QED) is 0.641. The molecule has 0 aliphatic heterocycles. The van der Waals surface area contributed by atoms with Crippen molar-refractivity contribution in [2.75, 3.05) is 26.1 Å². The minimum atomic E-state index is -0.835. The fraction of sp³-hybridized carbons (Fsp3) is 0.263. The summed E-state index contributed by atoms with van der Waals surface area (Å²) in [6, 6.07) is 8.27. The van der Waals surface area contributed by atoms with Crippen LogP contribution in [-0.2, 0) is 16.0 Å². The van der Waals surface area contributed by atoms with Crippen molar-refractivity contribution in [3.05, 3.63) is 54.1 Å². The topological polar surface area (TPSA) is 100 Å². The van der Waals surface area contributed by atoms with Gasteiger partial charge < -0.3 is 19.9 Å². The van der Waals surface area contributed by atoms with Crippen molar-refractivity contribution >= 4 is 28.6 Å². The molecule has 1 aromatic carbocycles. The van der Waals surface area contributed by atoms with Crippen LogP contribution in [0.25, 0.3) is 10.9 Å². The van der Waals surface area contributed by atoms with E-state index in [1.165, 1.54) is 13.4 Å². The highest BCUT2D eigenvalue weighted by Gasteiger charge is 2.24. The van der Waals surface area contributed by atoms with E-state index in [1.54, 1.807) is 12.3 Å². The van der Waals surface area contributed by atoms with Crippen molar-refractivity contribution in [2.24, 2.45) is 0 Å². The first-order valence-electron chi connectivity index (χ1n) is 8.42. The predicted molar refractivity (Wildman–Crippen MR) is 102 cm³/mol. The number of methoxy groups -OCH3 is 1. The third-order valence-electron chi connectivity index (χ3n) is 4.18. The largest absolute Gasteiger partial charge is 0.467 e. The van der Waals surface area contributed by atoms with Gasteiger partial charge in [0.15, 0.2) is 0 Å². The minimum Gasteiger partial charge on any atom is -0.467 e. The average Bonchev–Trinajstić information content (AvgIpc) is 3.18. The van der Waals surface area contributed by atoms with Crippen molar-refractivity contribution in [3.63, 3.8) is 0 Å². The lowest BCUT2D eigenvalue weighted by atomic mass is 10.1. The highest BCUT2D eigenvalue weighted by molar-refractivity contribution is 6.08. The maximum atomic E-state index is 13.0. The first-order chi connectivity index (χ1) is 13.0. The molecule has 1 amide bonds. The number of aromatic amines is 1. The molecule has 3 rings (SSSR count). The van der Waals surface area contributed by atoms with E-state index < -0.39 is 12.0 Å². The molecule has 2 aromatic heterocycles. The number of benzene rings is 1. The van der Waals surface area contributed by atoms with Gasteiger partial charge in [-0.05, 0) is 12.1 Å². The zero-order valence-corrected chi connectivity index (χ0v) is 15.4. The van der Waals surface area contributed by atoms with Crippen LogP contribution < -0.4 is 10.2 Å². The van der Waals surface area contributed by atoms with Gasteiger partial charge in [-0.1, -0.05) is 18.2 Å². The van der Waals surface area contributed by atoms with E-state index >= 15 is 0 Å². The number of ether oxygens (including phenoxy) is 1. The van der Waals surface area contributed by atoms with Crippen LogP contribution in [0.3, 0.4) is 0 Å². The molecule has 0 radical (unpaired) electrons. The Morgan fingerprint density at radius 2 is 2.07 bits per heavy atom. The molecular formula is C19H21N5O3. The van der Waals surface area contributed by atoms with Gasteiger partial charge in [-0.15, -0.1) is 0 Å². The third kappa shape index (κ3) is 4.05. The van der Waals surface area contributed by atoms with E-state index in [-0.39, 0.29) is 12.3 Å². The van der Waals surface area contributed by atoms with Crippen molar-refractivity contribution in [1.29, 1.82) is 0 Å². The molecule has 0 aliphatic carbocycles. The summed E-state index contributed by atoms with van der Waals surface area (Å²) in [5, 5.41) is 3.49. The van der Waals surface area contributed by atoms with Crippen LogP contribution in [0.15, 0.2) is 42.9 Å². The summed E-state index contributed by atoms with van der Waals surface area (Å²) in [6.07, 6.45) is 3.38. The first kappa shape index (κ1) is 18.4. The van der Waals surface area contributed by atoms with Gasteiger partial charge in [0.25, 0.3) is 5.91 Å². The number of esters is 1. The molecule has 8 heteroatoms. The van der Waals surface area contributed by atoms with Gasteiger partial charge in [0.2, 0.25) is 0 Å². The molecule has 0 saturated heterocycles. The summed E-state index contributed by atoms with van der Waals surface area (Å²) in [6.45, 7) is 0. The molecule has 1 atom stereocenters. The van der Waals surface area contributed by atoms with Crippen molar-refractivity contribution in [3.8, 4) is 0 Å². The van der Waals surface area contributed by atoms with Gasteiger partial charge in [-0.3, -0.25) is 4.79 Å². The van der Waals surface area contributed by atoms with Gasteiger partial charge in [0, 0.05) is 37.8 Å². The minimum absolute atomic E-state index is 0.252. The SMILES string of the molecule is COC(=O)[C@H](Cc1cnc[nH]1)NC(=O)c1cc(N(C)C)nc2ccccc12. The second-order valence-electron chi connectivity index (χ2n) is 6.27. The number of amides is 1. The smallest absolute Gasteiger partial charge is 0.328 e. The van der Waals surface area contributed by atoms with Gasteiger partial charge in [0.05, 0.1) is 24.5 Å². The van der Waals surface area contributed by atoms with Gasteiger partial charge in [-0.2, -0.15) is 0 Å². The molecular weight excluding hydrogens is 346 g/mol. The van der Waals surface area contributed by atoms with E-state index in [4.69, 9.17) is 4.74 Å². The van der Waals surface area contributed by atoms with Crippen LogP contribution in [0.5, 0.6) is 0 Å². The average molecular weight is 367 g/mol. The molecule has 2 heterocycles. The zero-order valence-electron chi connectivity index (χ0n) is 15.4. The number of carbonyl (C=O) groups excluding carboxylic acids is 2. The number of nitrogens with one attached hydrogen (secondary N) is 2. The summed E-state index contributed by atoms with van der Waals surface area (Å²) in [5.74, 6) is -0.238. The molecule has 0 spiro atoms. The molecule has 0 aliphatic rings. The molecule has 140 valence electrons. The monoisotopic (exact) mass is 367 g/mol. The second-order valence-corrected chi connectivity index (χ2v) is 6.27. The van der Waals surface area contributed by atoms with E-state index in [9.17, 15) is 9.59 Å². The Morgan fingerprint density at radius 1 is 1.30 bits per heavy atom. The fourth-order valence-corrected chi connectivity index (χ4v) is 2.77. The summed E-state index contributed by atoms with van der Waals surface area (Å²) in [7, 11) is 5.00. The van der Waals surface area contributed by atoms with Crippen LogP contribution >= 0.6 is 0 Å². The van der Waals surface area contributed by atoms with E-state index in [0.29, 0.717) is 22.3 Å². The maximum Gasteiger partial charge on any atom is 0.328 e. The Balaban J connectivity index is 1.94. The lowest BCUT2D eigenvalue weighted by Gasteiger charge is -2.18. The lowest BCUT2D eigenvalue weighted by Crippen LogP contribution is -2.43. The summed E-state index contributed by atoms with van der Waals surface area (Å²) in [5.41, 5.74) is 1.87. The highest BCUT2D eigenvalue weighted by atomic mass is 16.5. The standard InChI is InChI=1S/C19H21N5O3/c1-24(2)17-9-14(13-6-4-5-7-15(13)22-17)18(25)23-16(19(26)27-3)8-12-10-20-11-21-12/h4-7,9-11,16H,8H2,1-3H3,(H,20,21)(H,23,25)/t16-/m0/s1. The van der Waals surface area contributed by atoms with E-state index in [1.807, 2.05) is 43.3 Å². The first-order valence-corrected chi connectivity index (χ1v) is 8.42. The molecule has 0 unspecified atom stereocenters. The molecule has 0 fully saturated rings. The Hall–Kier alpha value is -3.42. The number of anilines is 1. The Kier molecular flexibility index (Phi) is 5.35. The van der Waals surface area contributed by atoms with Crippen LogP contribution in [0.4, 0.5) is 5.82 Å². The van der Waals surface area contributed by atoms with Crippen LogP contribution in [0.1, 0.15) is 16.1 Å². The summed E-state index contributed by atoms with van der Waals surface area (Å²) >= 11 is 0. The molecule has 0 bridgehead atoms. The maximum absolute atomic E-state index is 13.0. The van der Waals surface area contributed by atoms with Crippen LogP contribution in [0, 0.1) is 0 Å². The number of fused-ring (bicyclic) bond motifs is 1. The highest BCUT2D eigenvalue weighted by Crippen LogP contribution is 2.22. The Morgan fingerprint density at radius 3 is 2.74 bits per heavy atom. The van der Waals surface area contributed by atoms with Gasteiger partial charge in [0.1, 0.15) is 11.9 Å². The Labute approximate surface area is 156 Å². The summed E-state index contributed by atoms with van der Waals surface area (Å²) < 4.78 is 4.84. The molecule has 3 aromatic rings. The van der Waals surface area contributed by atoms with E-state index in [2.05, 4.69) is 20.3 Å². The number of hydrogen-bond donors (Lipinski definition) is 2. The fourth-order valence-electron chi connectivity index (χ4n) is 2.77.